The van der Waals surface area contributed by atoms with E-state index >= 15 is 0 Å². The highest BCUT2D eigenvalue weighted by molar-refractivity contribution is 5.68. The summed E-state index contributed by atoms with van der Waals surface area (Å²) in [7, 11) is 0. The molecule has 1 aliphatic rings. The molecule has 122 valence electrons. The van der Waals surface area contributed by atoms with Crippen LogP contribution in [0.15, 0.2) is 42.5 Å². The molecule has 0 nitrogen and oxygen atoms in total. The molecule has 23 heavy (non-hydrogen) atoms. The Hall–Kier alpha value is -1.70. The number of halogens is 2. The monoisotopic (exact) mass is 314 g/mol. The highest BCUT2D eigenvalue weighted by atomic mass is 19.2. The fourth-order valence-electron chi connectivity index (χ4n) is 3.98. The average molecular weight is 314 g/mol. The molecule has 2 aromatic carbocycles. The normalized spacial score (nSPS) is 21.3. The van der Waals surface area contributed by atoms with E-state index in [9.17, 15) is 8.78 Å². The summed E-state index contributed by atoms with van der Waals surface area (Å²) in [5, 5.41) is 0. The van der Waals surface area contributed by atoms with E-state index in [4.69, 9.17) is 0 Å². The summed E-state index contributed by atoms with van der Waals surface area (Å²) in [6.07, 6.45) is 6.64. The van der Waals surface area contributed by atoms with Crippen molar-refractivity contribution < 1.29 is 8.78 Å². The van der Waals surface area contributed by atoms with Gasteiger partial charge in [-0.3, -0.25) is 0 Å². The maximum Gasteiger partial charge on any atom is 0.162 e. The van der Waals surface area contributed by atoms with Crippen LogP contribution in [-0.4, -0.2) is 0 Å². The third-order valence-corrected chi connectivity index (χ3v) is 5.17. The van der Waals surface area contributed by atoms with Crippen LogP contribution in [0.4, 0.5) is 8.78 Å². The second-order valence-electron chi connectivity index (χ2n) is 6.69. The molecule has 0 aromatic heterocycles. The summed E-state index contributed by atoms with van der Waals surface area (Å²) in [5.41, 5.74) is 2.41. The predicted molar refractivity (Wildman–Crippen MR) is 91.4 cm³/mol. The van der Waals surface area contributed by atoms with Crippen LogP contribution >= 0.6 is 0 Å². The molecule has 1 fully saturated rings. The molecule has 0 bridgehead atoms. The van der Waals surface area contributed by atoms with Gasteiger partial charge in [-0.1, -0.05) is 56.2 Å². The van der Waals surface area contributed by atoms with Gasteiger partial charge in [-0.05, 0) is 54.7 Å². The first kappa shape index (κ1) is 16.2. The Morgan fingerprint density at radius 1 is 0.913 bits per heavy atom. The van der Waals surface area contributed by atoms with Gasteiger partial charge in [0.05, 0.1) is 0 Å². The van der Waals surface area contributed by atoms with Gasteiger partial charge in [0.2, 0.25) is 0 Å². The van der Waals surface area contributed by atoms with Gasteiger partial charge < -0.3 is 0 Å². The minimum atomic E-state index is -0.727. The van der Waals surface area contributed by atoms with Crippen LogP contribution in [0.2, 0.25) is 0 Å². The molecule has 0 N–H and O–H groups in total. The largest absolute Gasteiger partial charge is 0.204 e. The lowest BCUT2D eigenvalue weighted by Crippen LogP contribution is -2.15. The summed E-state index contributed by atoms with van der Waals surface area (Å²) >= 11 is 0. The second-order valence-corrected chi connectivity index (χ2v) is 6.69. The smallest absolute Gasteiger partial charge is 0.162 e. The molecule has 0 atom stereocenters. The van der Waals surface area contributed by atoms with Crippen molar-refractivity contribution in [3.8, 4) is 11.1 Å². The highest BCUT2D eigenvalue weighted by Crippen LogP contribution is 2.42. The van der Waals surface area contributed by atoms with E-state index in [-0.39, 0.29) is 5.92 Å². The quantitative estimate of drug-likeness (QED) is 0.588. The molecular weight excluding hydrogens is 290 g/mol. The Labute approximate surface area is 137 Å². The minimum absolute atomic E-state index is 0.133. The Morgan fingerprint density at radius 2 is 1.61 bits per heavy atom. The molecule has 2 aromatic rings. The van der Waals surface area contributed by atoms with Crippen molar-refractivity contribution in [2.24, 2.45) is 5.92 Å². The molecule has 0 amide bonds. The summed E-state index contributed by atoms with van der Waals surface area (Å²) < 4.78 is 28.5. The van der Waals surface area contributed by atoms with Crippen molar-refractivity contribution in [3.63, 3.8) is 0 Å². The van der Waals surface area contributed by atoms with Crippen molar-refractivity contribution >= 4 is 0 Å². The lowest BCUT2D eigenvalue weighted by Gasteiger charge is -2.30. The summed E-state index contributed by atoms with van der Waals surface area (Å²) in [4.78, 5) is 0. The number of benzene rings is 2. The third-order valence-electron chi connectivity index (χ3n) is 5.17. The standard InChI is InChI=1S/C21H24F2/c1-2-6-15-9-11-17(12-10-15)20-18(13-14-19(22)21(20)23)16-7-4-3-5-8-16/h3-5,7-8,13-15,17H,2,6,9-12H2,1H3. The highest BCUT2D eigenvalue weighted by Gasteiger charge is 2.27. The number of hydrogen-bond acceptors (Lipinski definition) is 0. The van der Waals surface area contributed by atoms with Crippen LogP contribution in [0.1, 0.15) is 56.9 Å². The summed E-state index contributed by atoms with van der Waals surface area (Å²) in [6.45, 7) is 2.21. The number of hydrogen-bond donors (Lipinski definition) is 0. The van der Waals surface area contributed by atoms with Crippen LogP contribution in [-0.2, 0) is 0 Å². The zero-order chi connectivity index (χ0) is 16.2. The van der Waals surface area contributed by atoms with E-state index in [1.54, 1.807) is 6.07 Å². The molecule has 2 heteroatoms. The molecule has 0 aliphatic heterocycles. The van der Waals surface area contributed by atoms with E-state index in [0.717, 1.165) is 42.7 Å². The second kappa shape index (κ2) is 7.25. The van der Waals surface area contributed by atoms with E-state index in [1.807, 2.05) is 30.3 Å². The van der Waals surface area contributed by atoms with Crippen LogP contribution < -0.4 is 0 Å². The third kappa shape index (κ3) is 3.46. The van der Waals surface area contributed by atoms with Crippen molar-refractivity contribution in [1.29, 1.82) is 0 Å². The van der Waals surface area contributed by atoms with Crippen LogP contribution in [0.3, 0.4) is 0 Å². The van der Waals surface area contributed by atoms with Gasteiger partial charge in [0.1, 0.15) is 0 Å². The van der Waals surface area contributed by atoms with Crippen molar-refractivity contribution in [1.82, 2.24) is 0 Å². The molecule has 0 spiro atoms. The van der Waals surface area contributed by atoms with E-state index < -0.39 is 11.6 Å². The maximum absolute atomic E-state index is 14.6. The van der Waals surface area contributed by atoms with Gasteiger partial charge in [-0.2, -0.15) is 0 Å². The van der Waals surface area contributed by atoms with Gasteiger partial charge >= 0.3 is 0 Å². The first-order valence-corrected chi connectivity index (χ1v) is 8.74. The first-order chi connectivity index (χ1) is 11.2. The first-order valence-electron chi connectivity index (χ1n) is 8.74. The lowest BCUT2D eigenvalue weighted by atomic mass is 9.75. The molecule has 1 saturated carbocycles. The van der Waals surface area contributed by atoms with Crippen LogP contribution in [0.25, 0.3) is 11.1 Å². The molecule has 0 unspecified atom stereocenters. The van der Waals surface area contributed by atoms with E-state index in [0.29, 0.717) is 5.56 Å². The average Bonchev–Trinajstić information content (AvgIpc) is 2.59. The fraction of sp³-hybridized carbons (Fsp3) is 0.429. The minimum Gasteiger partial charge on any atom is -0.204 e. The van der Waals surface area contributed by atoms with E-state index in [2.05, 4.69) is 6.92 Å². The Bertz CT molecular complexity index is 640. The van der Waals surface area contributed by atoms with Gasteiger partial charge in [-0.25, -0.2) is 8.78 Å². The predicted octanol–water partition coefficient (Wildman–Crippen LogP) is 6.71. The van der Waals surface area contributed by atoms with Gasteiger partial charge in [-0.15, -0.1) is 0 Å². The van der Waals surface area contributed by atoms with Crippen molar-refractivity contribution in [3.05, 3.63) is 59.7 Å². The zero-order valence-corrected chi connectivity index (χ0v) is 13.7. The van der Waals surface area contributed by atoms with Crippen LogP contribution in [0, 0.1) is 17.6 Å². The lowest BCUT2D eigenvalue weighted by molar-refractivity contribution is 0.303. The number of rotatable bonds is 4. The molecule has 1 aliphatic carbocycles. The van der Waals surface area contributed by atoms with E-state index in [1.165, 1.54) is 18.9 Å². The molecule has 0 heterocycles. The Kier molecular flexibility index (Phi) is 5.09. The molecular formula is C21H24F2. The summed E-state index contributed by atoms with van der Waals surface area (Å²) in [6, 6.07) is 12.8. The van der Waals surface area contributed by atoms with Crippen molar-refractivity contribution in [2.75, 3.05) is 0 Å². The zero-order valence-electron chi connectivity index (χ0n) is 13.7. The SMILES string of the molecule is CCCC1CCC(c2c(-c3ccccc3)ccc(F)c2F)CC1. The van der Waals surface area contributed by atoms with Gasteiger partial charge in [0.15, 0.2) is 11.6 Å². The molecule has 0 radical (unpaired) electrons. The van der Waals surface area contributed by atoms with Crippen LogP contribution in [0.5, 0.6) is 0 Å². The topological polar surface area (TPSA) is 0 Å². The van der Waals surface area contributed by atoms with Gasteiger partial charge in [0, 0.05) is 5.56 Å². The van der Waals surface area contributed by atoms with Crippen molar-refractivity contribution in [2.45, 2.75) is 51.4 Å². The maximum atomic E-state index is 14.6. The fourth-order valence-corrected chi connectivity index (χ4v) is 3.98. The molecule has 0 saturated heterocycles. The Balaban J connectivity index is 1.94. The molecule has 3 rings (SSSR count). The van der Waals surface area contributed by atoms with Gasteiger partial charge in [0.25, 0.3) is 0 Å². The summed E-state index contributed by atoms with van der Waals surface area (Å²) in [5.74, 6) is -0.484. The Morgan fingerprint density at radius 3 is 2.26 bits per heavy atom.